The highest BCUT2D eigenvalue weighted by Gasteiger charge is 2.30. The first kappa shape index (κ1) is 18.0. The van der Waals surface area contributed by atoms with Gasteiger partial charge in [0.15, 0.2) is 0 Å². The predicted octanol–water partition coefficient (Wildman–Crippen LogP) is 0.337. The molecule has 0 radical (unpaired) electrons. The first-order valence-electron chi connectivity index (χ1n) is 8.93. The van der Waals surface area contributed by atoms with Gasteiger partial charge in [-0.3, -0.25) is 4.90 Å². The van der Waals surface area contributed by atoms with E-state index in [4.69, 9.17) is 15.2 Å². The Labute approximate surface area is 148 Å². The van der Waals surface area contributed by atoms with Crippen molar-refractivity contribution in [2.24, 2.45) is 5.73 Å². The molecular formula is C18H28N4O3. The van der Waals surface area contributed by atoms with Crippen LogP contribution in [-0.4, -0.2) is 69.0 Å². The highest BCUT2D eigenvalue weighted by Crippen LogP contribution is 2.18. The average Bonchev–Trinajstić information content (AvgIpc) is 3.00. The number of nitrogens with two attached hydrogens (primary N) is 1. The van der Waals surface area contributed by atoms with Crippen molar-refractivity contribution in [2.75, 3.05) is 39.8 Å². The van der Waals surface area contributed by atoms with Crippen LogP contribution < -0.4 is 21.1 Å². The lowest BCUT2D eigenvalue weighted by atomic mass is 10.0. The second kappa shape index (κ2) is 8.51. The minimum atomic E-state index is -0.335. The van der Waals surface area contributed by atoms with E-state index < -0.39 is 0 Å². The molecule has 138 valence electrons. The number of hydrogen-bond donors (Lipinski definition) is 3. The number of methoxy groups -OCH3 is 1. The Balaban J connectivity index is 1.40. The van der Waals surface area contributed by atoms with E-state index in [1.54, 1.807) is 7.11 Å². The van der Waals surface area contributed by atoms with Crippen molar-refractivity contribution >= 4 is 6.09 Å². The fraction of sp³-hybridized carbons (Fsp3) is 0.611. The molecule has 7 heteroatoms. The number of ether oxygens (including phenoxy) is 2. The van der Waals surface area contributed by atoms with Gasteiger partial charge in [0.2, 0.25) is 0 Å². The summed E-state index contributed by atoms with van der Waals surface area (Å²) in [6.07, 6.45) is 1.24. The van der Waals surface area contributed by atoms with Gasteiger partial charge in [-0.15, -0.1) is 0 Å². The molecule has 2 unspecified atom stereocenters. The molecule has 0 aromatic heterocycles. The zero-order chi connectivity index (χ0) is 17.6. The Hall–Kier alpha value is -1.83. The molecule has 2 aliphatic heterocycles. The first-order valence-corrected chi connectivity index (χ1v) is 8.93. The van der Waals surface area contributed by atoms with E-state index in [2.05, 4.69) is 15.5 Å². The quantitative estimate of drug-likeness (QED) is 0.658. The molecule has 2 fully saturated rings. The van der Waals surface area contributed by atoms with Crippen LogP contribution in [0.25, 0.3) is 0 Å². The average molecular weight is 348 g/mol. The maximum Gasteiger partial charge on any atom is 0.407 e. The minimum Gasteiger partial charge on any atom is -0.497 e. The van der Waals surface area contributed by atoms with E-state index in [0.29, 0.717) is 6.54 Å². The van der Waals surface area contributed by atoms with Crippen molar-refractivity contribution in [3.8, 4) is 5.75 Å². The highest BCUT2D eigenvalue weighted by atomic mass is 16.6. The second-order valence-corrected chi connectivity index (χ2v) is 6.79. The third-order valence-electron chi connectivity index (χ3n) is 4.84. The molecule has 0 bridgehead atoms. The van der Waals surface area contributed by atoms with Gasteiger partial charge in [0, 0.05) is 38.3 Å². The predicted molar refractivity (Wildman–Crippen MR) is 95.8 cm³/mol. The maximum atomic E-state index is 12.0. The summed E-state index contributed by atoms with van der Waals surface area (Å²) in [6, 6.07) is 8.44. The molecule has 2 aliphatic rings. The number of likely N-dealkylation sites (tertiary alicyclic amines) is 1. The van der Waals surface area contributed by atoms with E-state index >= 15 is 0 Å². The van der Waals surface area contributed by atoms with Gasteiger partial charge in [-0.1, -0.05) is 12.1 Å². The van der Waals surface area contributed by atoms with Crippen molar-refractivity contribution in [3.63, 3.8) is 0 Å². The summed E-state index contributed by atoms with van der Waals surface area (Å²) in [6.45, 7) is 4.10. The van der Waals surface area contributed by atoms with Crippen LogP contribution in [0.5, 0.6) is 5.75 Å². The van der Waals surface area contributed by atoms with Crippen molar-refractivity contribution < 1.29 is 14.3 Å². The molecule has 4 N–H and O–H groups in total. The molecule has 2 atom stereocenters. The zero-order valence-corrected chi connectivity index (χ0v) is 14.7. The van der Waals surface area contributed by atoms with Gasteiger partial charge in [-0.05, 0) is 37.1 Å². The molecule has 1 aromatic carbocycles. The van der Waals surface area contributed by atoms with Crippen molar-refractivity contribution in [2.45, 2.75) is 31.0 Å². The van der Waals surface area contributed by atoms with Gasteiger partial charge in [-0.25, -0.2) is 4.79 Å². The van der Waals surface area contributed by atoms with Crippen LogP contribution in [0.15, 0.2) is 24.3 Å². The number of nitrogens with one attached hydrogen (secondary N) is 2. The third-order valence-corrected chi connectivity index (χ3v) is 4.84. The molecule has 25 heavy (non-hydrogen) atoms. The number of amides is 1. The van der Waals surface area contributed by atoms with Gasteiger partial charge in [-0.2, -0.15) is 0 Å². The fourth-order valence-corrected chi connectivity index (χ4v) is 3.39. The Morgan fingerprint density at radius 2 is 2.12 bits per heavy atom. The number of hydrogen-bond acceptors (Lipinski definition) is 6. The minimum absolute atomic E-state index is 0.0977. The summed E-state index contributed by atoms with van der Waals surface area (Å²) >= 11 is 0. The Morgan fingerprint density at radius 3 is 2.80 bits per heavy atom. The summed E-state index contributed by atoms with van der Waals surface area (Å²) in [7, 11) is 1.66. The summed E-state index contributed by atoms with van der Waals surface area (Å²) in [5.41, 5.74) is 6.93. The molecule has 2 saturated heterocycles. The van der Waals surface area contributed by atoms with Gasteiger partial charge in [0.1, 0.15) is 11.9 Å². The van der Waals surface area contributed by atoms with Gasteiger partial charge < -0.3 is 25.8 Å². The molecule has 0 saturated carbocycles. The van der Waals surface area contributed by atoms with Crippen molar-refractivity contribution in [1.82, 2.24) is 15.5 Å². The smallest absolute Gasteiger partial charge is 0.407 e. The molecule has 1 amide bonds. The monoisotopic (exact) mass is 348 g/mol. The lowest BCUT2D eigenvalue weighted by Crippen LogP contribution is -2.57. The number of carbonyl (C=O) groups is 1. The summed E-state index contributed by atoms with van der Waals surface area (Å²) in [5.74, 6) is 0.846. The Morgan fingerprint density at radius 1 is 1.36 bits per heavy atom. The van der Waals surface area contributed by atoms with Crippen LogP contribution in [0, 0.1) is 0 Å². The lowest BCUT2D eigenvalue weighted by molar-refractivity contribution is 0.0873. The highest BCUT2D eigenvalue weighted by molar-refractivity contribution is 5.67. The van der Waals surface area contributed by atoms with E-state index in [9.17, 15) is 4.79 Å². The zero-order valence-electron chi connectivity index (χ0n) is 14.7. The summed E-state index contributed by atoms with van der Waals surface area (Å²) in [4.78, 5) is 14.2. The van der Waals surface area contributed by atoms with Crippen LogP contribution in [-0.2, 0) is 11.2 Å². The number of rotatable bonds is 7. The molecule has 1 aromatic rings. The molecular weight excluding hydrogens is 320 g/mol. The second-order valence-electron chi connectivity index (χ2n) is 6.79. The van der Waals surface area contributed by atoms with Crippen LogP contribution in [0.3, 0.4) is 0 Å². The summed E-state index contributed by atoms with van der Waals surface area (Å²) in [5, 5.41) is 6.26. The van der Waals surface area contributed by atoms with E-state index in [1.807, 2.05) is 24.3 Å². The van der Waals surface area contributed by atoms with Crippen LogP contribution in [0.4, 0.5) is 4.79 Å². The van der Waals surface area contributed by atoms with Crippen LogP contribution >= 0.6 is 0 Å². The topological polar surface area (TPSA) is 88.9 Å². The standard InChI is InChI=1S/C18H28N4O3/c1-24-15-4-2-13(3-5-15)10-16-17(6-7-20-16)25-18(23)21-8-9-22-11-14(19)12-22/h2-5,14,16-17,20H,6-12,19H2,1H3,(H,21,23). The Bertz CT molecular complexity index is 560. The largest absolute Gasteiger partial charge is 0.497 e. The van der Waals surface area contributed by atoms with E-state index in [0.717, 1.165) is 44.8 Å². The number of benzene rings is 1. The molecule has 2 heterocycles. The van der Waals surface area contributed by atoms with Gasteiger partial charge >= 0.3 is 6.09 Å². The van der Waals surface area contributed by atoms with Crippen molar-refractivity contribution in [3.05, 3.63) is 29.8 Å². The number of alkyl carbamates (subject to hydrolysis) is 1. The molecule has 0 spiro atoms. The van der Waals surface area contributed by atoms with Crippen LogP contribution in [0.1, 0.15) is 12.0 Å². The normalized spacial score (nSPS) is 23.9. The maximum absolute atomic E-state index is 12.0. The Kier molecular flexibility index (Phi) is 6.12. The van der Waals surface area contributed by atoms with Gasteiger partial charge in [0.05, 0.1) is 7.11 Å². The number of carbonyl (C=O) groups excluding carboxylic acids is 1. The molecule has 0 aliphatic carbocycles. The molecule has 3 rings (SSSR count). The van der Waals surface area contributed by atoms with E-state index in [1.165, 1.54) is 5.56 Å². The third kappa shape index (κ3) is 5.07. The van der Waals surface area contributed by atoms with E-state index in [-0.39, 0.29) is 24.3 Å². The SMILES string of the molecule is COc1ccc(CC2NCCC2OC(=O)NCCN2CC(N)C2)cc1. The van der Waals surface area contributed by atoms with Crippen LogP contribution in [0.2, 0.25) is 0 Å². The number of nitrogens with zero attached hydrogens (tertiary/aromatic N) is 1. The molecule has 7 nitrogen and oxygen atoms in total. The lowest BCUT2D eigenvalue weighted by Gasteiger charge is -2.36. The van der Waals surface area contributed by atoms with Crippen molar-refractivity contribution in [1.29, 1.82) is 0 Å². The fourth-order valence-electron chi connectivity index (χ4n) is 3.39. The summed E-state index contributed by atoms with van der Waals surface area (Å²) < 4.78 is 10.8. The van der Waals surface area contributed by atoms with Gasteiger partial charge in [0.25, 0.3) is 0 Å². The first-order chi connectivity index (χ1) is 12.1.